The van der Waals surface area contributed by atoms with Crippen LogP contribution in [0.2, 0.25) is 0 Å². The molecular formula is C25H20N2O3S. The van der Waals surface area contributed by atoms with Crippen LogP contribution in [-0.2, 0) is 10.0 Å². The third-order valence-corrected chi connectivity index (χ3v) is 7.01. The molecule has 5 nitrogen and oxygen atoms in total. The van der Waals surface area contributed by atoms with Crippen molar-refractivity contribution in [2.75, 3.05) is 16.2 Å². The SMILES string of the molecule is CCN1C(=O)c2cccc3c(S(=O)(=O)Nc4cccc(-c5ccccc5)c4)ccc1c23. The number of hydrogen-bond donors (Lipinski definition) is 1. The lowest BCUT2D eigenvalue weighted by Gasteiger charge is -2.16. The third-order valence-electron chi connectivity index (χ3n) is 5.57. The van der Waals surface area contributed by atoms with Crippen LogP contribution in [0.5, 0.6) is 0 Å². The first-order chi connectivity index (χ1) is 15.0. The van der Waals surface area contributed by atoms with Crippen LogP contribution in [0.1, 0.15) is 17.3 Å². The Kier molecular flexibility index (Phi) is 4.52. The summed E-state index contributed by atoms with van der Waals surface area (Å²) < 4.78 is 29.4. The van der Waals surface area contributed by atoms with E-state index in [-0.39, 0.29) is 10.8 Å². The van der Waals surface area contributed by atoms with Crippen LogP contribution in [0.3, 0.4) is 0 Å². The van der Waals surface area contributed by atoms with Gasteiger partial charge in [0, 0.05) is 28.6 Å². The molecule has 0 saturated carbocycles. The summed E-state index contributed by atoms with van der Waals surface area (Å²) in [6.45, 7) is 2.43. The van der Waals surface area contributed by atoms with Gasteiger partial charge in [-0.15, -0.1) is 0 Å². The van der Waals surface area contributed by atoms with Crippen LogP contribution in [0.15, 0.2) is 89.8 Å². The van der Waals surface area contributed by atoms with Crippen molar-refractivity contribution in [3.63, 3.8) is 0 Å². The Morgan fingerprint density at radius 2 is 1.58 bits per heavy atom. The van der Waals surface area contributed by atoms with E-state index in [0.29, 0.717) is 28.6 Å². The molecule has 0 saturated heterocycles. The first-order valence-electron chi connectivity index (χ1n) is 10.1. The van der Waals surface area contributed by atoms with Crippen molar-refractivity contribution in [2.45, 2.75) is 11.8 Å². The molecule has 0 unspecified atom stereocenters. The minimum absolute atomic E-state index is 0.0961. The Bertz CT molecular complexity index is 1430. The maximum absolute atomic E-state index is 13.3. The average molecular weight is 429 g/mol. The lowest BCUT2D eigenvalue weighted by molar-refractivity contribution is 0.0994. The van der Waals surface area contributed by atoms with E-state index in [0.717, 1.165) is 16.8 Å². The summed E-state index contributed by atoms with van der Waals surface area (Å²) in [7, 11) is -3.87. The second kappa shape index (κ2) is 7.25. The molecule has 0 radical (unpaired) electrons. The second-order valence-electron chi connectivity index (χ2n) is 7.41. The Labute approximate surface area is 181 Å². The smallest absolute Gasteiger partial charge is 0.262 e. The molecule has 0 spiro atoms. The van der Waals surface area contributed by atoms with Crippen LogP contribution in [0.4, 0.5) is 11.4 Å². The van der Waals surface area contributed by atoms with Crippen LogP contribution >= 0.6 is 0 Å². The summed E-state index contributed by atoms with van der Waals surface area (Å²) in [5.74, 6) is -0.0961. The van der Waals surface area contributed by atoms with Crippen LogP contribution in [0, 0.1) is 0 Å². The van der Waals surface area contributed by atoms with Crippen LogP contribution in [-0.4, -0.2) is 20.9 Å². The molecule has 1 N–H and O–H groups in total. The van der Waals surface area contributed by atoms with E-state index in [1.165, 1.54) is 0 Å². The maximum atomic E-state index is 13.3. The zero-order valence-electron chi connectivity index (χ0n) is 16.9. The predicted molar refractivity (Wildman–Crippen MR) is 124 cm³/mol. The molecular weight excluding hydrogens is 408 g/mol. The van der Waals surface area contributed by atoms with Gasteiger partial charge in [0.05, 0.1) is 10.6 Å². The van der Waals surface area contributed by atoms with Gasteiger partial charge in [-0.05, 0) is 48.4 Å². The highest BCUT2D eigenvalue weighted by Gasteiger charge is 2.31. The molecule has 1 aliphatic rings. The van der Waals surface area contributed by atoms with Crippen molar-refractivity contribution in [3.05, 3.63) is 90.5 Å². The summed E-state index contributed by atoms with van der Waals surface area (Å²) in [5.41, 5.74) is 3.70. The van der Waals surface area contributed by atoms with E-state index >= 15 is 0 Å². The Morgan fingerprint density at radius 3 is 2.35 bits per heavy atom. The zero-order valence-corrected chi connectivity index (χ0v) is 17.7. The minimum atomic E-state index is -3.87. The molecule has 4 aromatic rings. The summed E-state index contributed by atoms with van der Waals surface area (Å²) in [6, 6.07) is 25.6. The number of hydrogen-bond acceptors (Lipinski definition) is 3. The lowest BCUT2D eigenvalue weighted by atomic mass is 10.1. The Hall–Kier alpha value is -3.64. The van der Waals surface area contributed by atoms with E-state index in [1.54, 1.807) is 41.3 Å². The average Bonchev–Trinajstić information content (AvgIpc) is 3.07. The number of amides is 1. The molecule has 5 rings (SSSR count). The fourth-order valence-corrected chi connectivity index (χ4v) is 5.42. The highest BCUT2D eigenvalue weighted by atomic mass is 32.2. The molecule has 6 heteroatoms. The lowest BCUT2D eigenvalue weighted by Crippen LogP contribution is -2.25. The zero-order chi connectivity index (χ0) is 21.6. The van der Waals surface area contributed by atoms with Crippen molar-refractivity contribution in [1.82, 2.24) is 0 Å². The van der Waals surface area contributed by atoms with Gasteiger partial charge >= 0.3 is 0 Å². The summed E-state index contributed by atoms with van der Waals surface area (Å²) in [5, 5.41) is 1.24. The molecule has 1 heterocycles. The molecule has 0 bridgehead atoms. The monoisotopic (exact) mass is 428 g/mol. The number of carbonyl (C=O) groups is 1. The van der Waals surface area contributed by atoms with Gasteiger partial charge in [0.15, 0.2) is 0 Å². The van der Waals surface area contributed by atoms with Gasteiger partial charge < -0.3 is 4.90 Å². The van der Waals surface area contributed by atoms with E-state index in [1.807, 2.05) is 55.5 Å². The number of rotatable bonds is 5. The summed E-state index contributed by atoms with van der Waals surface area (Å²) >= 11 is 0. The topological polar surface area (TPSA) is 66.5 Å². The number of nitrogens with zero attached hydrogens (tertiary/aromatic N) is 1. The number of anilines is 2. The fraction of sp³-hybridized carbons (Fsp3) is 0.0800. The molecule has 1 amide bonds. The number of nitrogens with one attached hydrogen (secondary N) is 1. The van der Waals surface area contributed by atoms with Crippen molar-refractivity contribution < 1.29 is 13.2 Å². The van der Waals surface area contributed by atoms with Crippen molar-refractivity contribution in [2.24, 2.45) is 0 Å². The standard InChI is InChI=1S/C25H20N2O3S/c1-2-27-22-14-15-23(20-12-7-13-21(24(20)22)25(27)28)31(29,30)26-19-11-6-10-18(16-19)17-8-4-3-5-9-17/h3-16,26H,2H2,1H3. The molecule has 0 fully saturated rings. The molecule has 0 atom stereocenters. The van der Waals surface area contributed by atoms with Crippen LogP contribution in [0.25, 0.3) is 21.9 Å². The van der Waals surface area contributed by atoms with Gasteiger partial charge in [0.25, 0.3) is 15.9 Å². The maximum Gasteiger partial charge on any atom is 0.262 e. The van der Waals surface area contributed by atoms with Crippen LogP contribution < -0.4 is 9.62 Å². The highest BCUT2D eigenvalue weighted by Crippen LogP contribution is 2.40. The Morgan fingerprint density at radius 1 is 0.839 bits per heavy atom. The first kappa shape index (κ1) is 19.3. The van der Waals surface area contributed by atoms with Crippen molar-refractivity contribution in [1.29, 1.82) is 0 Å². The van der Waals surface area contributed by atoms with Gasteiger partial charge in [-0.3, -0.25) is 9.52 Å². The highest BCUT2D eigenvalue weighted by molar-refractivity contribution is 7.93. The van der Waals surface area contributed by atoms with Gasteiger partial charge in [-0.2, -0.15) is 0 Å². The third kappa shape index (κ3) is 3.16. The van der Waals surface area contributed by atoms with Gasteiger partial charge in [0.2, 0.25) is 0 Å². The van der Waals surface area contributed by atoms with Gasteiger partial charge in [-0.25, -0.2) is 8.42 Å². The van der Waals surface area contributed by atoms with Gasteiger partial charge in [-0.1, -0.05) is 54.6 Å². The number of sulfonamides is 1. The van der Waals surface area contributed by atoms with Gasteiger partial charge in [0.1, 0.15) is 0 Å². The summed E-state index contributed by atoms with van der Waals surface area (Å²) in [4.78, 5) is 14.5. The predicted octanol–water partition coefficient (Wildman–Crippen LogP) is 5.29. The van der Waals surface area contributed by atoms with E-state index in [9.17, 15) is 13.2 Å². The molecule has 154 valence electrons. The molecule has 31 heavy (non-hydrogen) atoms. The molecule has 0 aliphatic carbocycles. The van der Waals surface area contributed by atoms with Crippen molar-refractivity contribution >= 4 is 38.1 Å². The molecule has 4 aromatic carbocycles. The van der Waals surface area contributed by atoms with E-state index < -0.39 is 10.0 Å². The molecule has 1 aliphatic heterocycles. The normalized spacial score (nSPS) is 13.1. The van der Waals surface area contributed by atoms with E-state index in [2.05, 4.69) is 4.72 Å². The fourth-order valence-electron chi connectivity index (χ4n) is 4.17. The van der Waals surface area contributed by atoms with Crippen molar-refractivity contribution in [3.8, 4) is 11.1 Å². The minimum Gasteiger partial charge on any atom is -0.308 e. The number of benzene rings is 4. The Balaban J connectivity index is 1.58. The largest absolute Gasteiger partial charge is 0.308 e. The summed E-state index contributed by atoms with van der Waals surface area (Å²) in [6.07, 6.45) is 0. The second-order valence-corrected chi connectivity index (χ2v) is 9.06. The molecule has 0 aromatic heterocycles. The van der Waals surface area contributed by atoms with E-state index in [4.69, 9.17) is 0 Å². The number of carbonyl (C=O) groups excluding carboxylic acids is 1. The quantitative estimate of drug-likeness (QED) is 0.470. The first-order valence-corrected chi connectivity index (χ1v) is 11.5.